The number of Topliss-reactive ketones (excluding diaryl/α,β-unsaturated/α-hetero) is 1. The van der Waals surface area contributed by atoms with Crippen LogP contribution in [-0.2, 0) is 17.8 Å². The molecule has 0 unspecified atom stereocenters. The Morgan fingerprint density at radius 2 is 2.04 bits per heavy atom. The first-order chi connectivity index (χ1) is 13.1. The van der Waals surface area contributed by atoms with Crippen LogP contribution >= 0.6 is 0 Å². The fourth-order valence-corrected chi connectivity index (χ4v) is 3.44. The largest absolute Gasteiger partial charge is 0.444 e. The van der Waals surface area contributed by atoms with Crippen molar-refractivity contribution in [1.82, 2.24) is 20.0 Å². The van der Waals surface area contributed by atoms with E-state index in [2.05, 4.69) is 10.4 Å². The molecule has 0 bridgehead atoms. The molecule has 2 aliphatic rings. The number of ether oxygens (including phenoxy) is 1. The molecule has 1 aliphatic carbocycles. The van der Waals surface area contributed by atoms with Gasteiger partial charge in [0, 0.05) is 19.5 Å². The molecule has 1 fully saturated rings. The summed E-state index contributed by atoms with van der Waals surface area (Å²) in [4.78, 5) is 26.8. The normalized spacial score (nSPS) is 18.1. The number of rotatable bonds is 7. The highest BCUT2D eigenvalue weighted by Gasteiger charge is 2.44. The third-order valence-corrected chi connectivity index (χ3v) is 5.11. The van der Waals surface area contributed by atoms with Crippen LogP contribution in [0.5, 0.6) is 0 Å². The van der Waals surface area contributed by atoms with Crippen LogP contribution in [0.4, 0.5) is 13.6 Å². The minimum atomic E-state index is -2.40. The standard InChI is InChI=1S/C19H28F2N4O3/c1-18(2,3)28-17(27)24-6-7-25-14(11-24)13(9-23-25)15(26)8-19(4-5-19)12-22-10-16(20)21/h9,16,22H,4-8,10-12H2,1-3H3. The maximum atomic E-state index is 12.9. The first kappa shape index (κ1) is 20.7. The van der Waals surface area contributed by atoms with Crippen molar-refractivity contribution in [2.45, 2.75) is 65.1 Å². The van der Waals surface area contributed by atoms with Gasteiger partial charge in [0.2, 0.25) is 0 Å². The van der Waals surface area contributed by atoms with Crippen molar-refractivity contribution in [3.05, 3.63) is 17.5 Å². The summed E-state index contributed by atoms with van der Waals surface area (Å²) in [6.07, 6.45) is 0.749. The summed E-state index contributed by atoms with van der Waals surface area (Å²) in [5.74, 6) is -0.0522. The van der Waals surface area contributed by atoms with Gasteiger partial charge >= 0.3 is 6.09 Å². The number of carbonyl (C=O) groups excluding carboxylic acids is 2. The summed E-state index contributed by atoms with van der Waals surface area (Å²) in [6, 6.07) is 0. The number of ketones is 1. The second kappa shape index (κ2) is 7.77. The average molecular weight is 398 g/mol. The number of fused-ring (bicyclic) bond motifs is 1. The van der Waals surface area contributed by atoms with Crippen molar-refractivity contribution in [1.29, 1.82) is 0 Å². The van der Waals surface area contributed by atoms with Crippen molar-refractivity contribution in [2.75, 3.05) is 19.6 Å². The minimum Gasteiger partial charge on any atom is -0.444 e. The molecule has 0 saturated heterocycles. The summed E-state index contributed by atoms with van der Waals surface area (Å²) in [5.41, 5.74) is 0.393. The van der Waals surface area contributed by atoms with Crippen LogP contribution in [0.3, 0.4) is 0 Å². The van der Waals surface area contributed by atoms with Gasteiger partial charge in [-0.2, -0.15) is 5.10 Å². The lowest BCUT2D eigenvalue weighted by atomic mass is 9.95. The Labute approximate surface area is 163 Å². The van der Waals surface area contributed by atoms with E-state index in [1.807, 2.05) is 20.8 Å². The van der Waals surface area contributed by atoms with Gasteiger partial charge in [-0.1, -0.05) is 0 Å². The van der Waals surface area contributed by atoms with Crippen LogP contribution in [-0.4, -0.2) is 58.2 Å². The SMILES string of the molecule is CC(C)(C)OC(=O)N1CCn2ncc(C(=O)CC3(CNCC(F)F)CC3)c2C1. The van der Waals surface area contributed by atoms with Crippen molar-refractivity contribution in [3.8, 4) is 0 Å². The summed E-state index contributed by atoms with van der Waals surface area (Å²) < 4.78 is 31.8. The zero-order valence-electron chi connectivity index (χ0n) is 16.6. The number of nitrogens with zero attached hydrogens (tertiary/aromatic N) is 3. The second-order valence-corrected chi connectivity index (χ2v) is 8.75. The Morgan fingerprint density at radius 1 is 1.32 bits per heavy atom. The topological polar surface area (TPSA) is 76.5 Å². The monoisotopic (exact) mass is 398 g/mol. The third kappa shape index (κ3) is 5.06. The van der Waals surface area contributed by atoms with Gasteiger partial charge in [0.15, 0.2) is 5.78 Å². The highest BCUT2D eigenvalue weighted by atomic mass is 19.3. The molecule has 0 aromatic carbocycles. The lowest BCUT2D eigenvalue weighted by Crippen LogP contribution is -2.42. The molecule has 0 radical (unpaired) electrons. The van der Waals surface area contributed by atoms with Gasteiger partial charge in [-0.25, -0.2) is 13.6 Å². The lowest BCUT2D eigenvalue weighted by Gasteiger charge is -2.30. The number of hydrogen-bond donors (Lipinski definition) is 1. The predicted molar refractivity (Wildman–Crippen MR) is 98.4 cm³/mol. The van der Waals surface area contributed by atoms with E-state index in [0.717, 1.165) is 12.8 Å². The van der Waals surface area contributed by atoms with E-state index in [0.29, 0.717) is 37.3 Å². The van der Waals surface area contributed by atoms with Crippen molar-refractivity contribution in [3.63, 3.8) is 0 Å². The van der Waals surface area contributed by atoms with Crippen LogP contribution in [0.15, 0.2) is 6.20 Å². The molecule has 2 heterocycles. The molecule has 1 aromatic heterocycles. The molecule has 3 rings (SSSR count). The fourth-order valence-electron chi connectivity index (χ4n) is 3.44. The van der Waals surface area contributed by atoms with Gasteiger partial charge in [0.1, 0.15) is 5.60 Å². The van der Waals surface area contributed by atoms with E-state index in [1.54, 1.807) is 15.8 Å². The molecule has 28 heavy (non-hydrogen) atoms. The Bertz CT molecular complexity index is 738. The van der Waals surface area contributed by atoms with Gasteiger partial charge in [-0.3, -0.25) is 9.48 Å². The van der Waals surface area contributed by atoms with E-state index in [9.17, 15) is 18.4 Å². The Kier molecular flexibility index (Phi) is 5.74. The van der Waals surface area contributed by atoms with Crippen LogP contribution in [0, 0.1) is 5.41 Å². The molecule has 1 N–H and O–H groups in total. The Balaban J connectivity index is 1.63. The maximum absolute atomic E-state index is 12.9. The molecule has 0 atom stereocenters. The number of alkyl halides is 2. The summed E-state index contributed by atoms with van der Waals surface area (Å²) in [6.45, 7) is 6.73. The van der Waals surface area contributed by atoms with Gasteiger partial charge in [0.25, 0.3) is 6.43 Å². The molecule has 1 aromatic rings. The van der Waals surface area contributed by atoms with Crippen LogP contribution in [0.1, 0.15) is 56.1 Å². The Hall–Kier alpha value is -2.03. The number of aromatic nitrogens is 2. The second-order valence-electron chi connectivity index (χ2n) is 8.75. The molecule has 0 spiro atoms. The highest BCUT2D eigenvalue weighted by molar-refractivity contribution is 5.97. The molecule has 1 amide bonds. The van der Waals surface area contributed by atoms with Crippen LogP contribution in [0.2, 0.25) is 0 Å². The minimum absolute atomic E-state index is 0.0522. The highest BCUT2D eigenvalue weighted by Crippen LogP contribution is 2.49. The van der Waals surface area contributed by atoms with Crippen molar-refractivity contribution >= 4 is 11.9 Å². The quantitative estimate of drug-likeness (QED) is 0.715. The molecular weight excluding hydrogens is 370 g/mol. The van der Waals surface area contributed by atoms with E-state index in [4.69, 9.17) is 4.74 Å². The Morgan fingerprint density at radius 3 is 2.64 bits per heavy atom. The number of amides is 1. The number of nitrogens with one attached hydrogen (secondary N) is 1. The number of halogens is 2. The third-order valence-electron chi connectivity index (χ3n) is 5.11. The van der Waals surface area contributed by atoms with Crippen LogP contribution < -0.4 is 5.32 Å². The van der Waals surface area contributed by atoms with E-state index >= 15 is 0 Å². The predicted octanol–water partition coefficient (Wildman–Crippen LogP) is 2.84. The van der Waals surface area contributed by atoms with E-state index in [1.165, 1.54) is 0 Å². The zero-order chi connectivity index (χ0) is 20.5. The fraction of sp³-hybridized carbons (Fsp3) is 0.737. The number of carbonyl (C=O) groups is 2. The molecule has 1 saturated carbocycles. The summed E-state index contributed by atoms with van der Waals surface area (Å²) in [5, 5.41) is 7.04. The van der Waals surface area contributed by atoms with E-state index in [-0.39, 0.29) is 24.3 Å². The molecule has 7 nitrogen and oxygen atoms in total. The summed E-state index contributed by atoms with van der Waals surface area (Å²) in [7, 11) is 0. The first-order valence-corrected chi connectivity index (χ1v) is 9.63. The molecule has 1 aliphatic heterocycles. The lowest BCUT2D eigenvalue weighted by molar-refractivity contribution is 0.0193. The van der Waals surface area contributed by atoms with Gasteiger partial charge in [-0.15, -0.1) is 0 Å². The van der Waals surface area contributed by atoms with E-state index < -0.39 is 18.1 Å². The zero-order valence-corrected chi connectivity index (χ0v) is 16.6. The van der Waals surface area contributed by atoms with Crippen LogP contribution in [0.25, 0.3) is 0 Å². The average Bonchev–Trinajstić information content (AvgIpc) is 3.19. The molecule has 9 heteroatoms. The number of hydrogen-bond acceptors (Lipinski definition) is 5. The van der Waals surface area contributed by atoms with Gasteiger partial charge in [0.05, 0.1) is 37.1 Å². The van der Waals surface area contributed by atoms with Crippen molar-refractivity contribution < 1.29 is 23.1 Å². The maximum Gasteiger partial charge on any atom is 0.410 e. The molecule has 156 valence electrons. The summed E-state index contributed by atoms with van der Waals surface area (Å²) >= 11 is 0. The molecular formula is C19H28F2N4O3. The van der Waals surface area contributed by atoms with Gasteiger partial charge < -0.3 is 15.0 Å². The van der Waals surface area contributed by atoms with Gasteiger partial charge in [-0.05, 0) is 39.0 Å². The first-order valence-electron chi connectivity index (χ1n) is 9.63. The smallest absolute Gasteiger partial charge is 0.410 e. The van der Waals surface area contributed by atoms with Crippen molar-refractivity contribution in [2.24, 2.45) is 5.41 Å².